The molecule has 1 unspecified atom stereocenters. The fourth-order valence-corrected chi connectivity index (χ4v) is 1.92. The van der Waals surface area contributed by atoms with Crippen molar-refractivity contribution in [3.05, 3.63) is 12.3 Å². The summed E-state index contributed by atoms with van der Waals surface area (Å²) in [6.07, 6.45) is 1.02. The molecule has 0 radical (unpaired) electrons. The molecule has 1 fully saturated rings. The van der Waals surface area contributed by atoms with Gasteiger partial charge in [-0.1, -0.05) is 13.5 Å². The second kappa shape index (κ2) is 4.88. The first-order valence-electron chi connectivity index (χ1n) is 7.08. The van der Waals surface area contributed by atoms with Gasteiger partial charge in [0, 0.05) is 12.1 Å². The van der Waals surface area contributed by atoms with Crippen molar-refractivity contribution in [3.63, 3.8) is 0 Å². The molecule has 4 heteroatoms. The number of amidine groups is 1. The third-order valence-corrected chi connectivity index (χ3v) is 3.40. The Morgan fingerprint density at radius 1 is 1.26 bits per heavy atom. The van der Waals surface area contributed by atoms with E-state index in [1.165, 1.54) is 0 Å². The van der Waals surface area contributed by atoms with Gasteiger partial charge in [-0.2, -0.15) is 0 Å². The van der Waals surface area contributed by atoms with Crippen LogP contribution in [0.4, 0.5) is 0 Å². The monoisotopic (exact) mass is 264 g/mol. The summed E-state index contributed by atoms with van der Waals surface area (Å²) in [5.74, 6) is 0.808. The van der Waals surface area contributed by atoms with Crippen molar-refractivity contribution in [2.75, 3.05) is 6.54 Å². The Labute approximate surface area is 119 Å². The van der Waals surface area contributed by atoms with Crippen molar-refractivity contribution in [2.24, 2.45) is 4.99 Å². The second-order valence-corrected chi connectivity index (χ2v) is 8.05. The van der Waals surface area contributed by atoms with E-state index in [2.05, 4.69) is 67.8 Å². The summed E-state index contributed by atoms with van der Waals surface area (Å²) in [4.78, 5) is 7.00. The summed E-state index contributed by atoms with van der Waals surface area (Å²) >= 11 is 0. The fraction of sp³-hybridized carbons (Fsp3) is 0.800. The zero-order valence-electron chi connectivity index (χ0n) is 13.9. The largest absolute Gasteiger partial charge is 0.431 e. The topological polar surface area (TPSA) is 24.8 Å². The number of ether oxygens (including phenoxy) is 1. The van der Waals surface area contributed by atoms with Crippen LogP contribution in [0.5, 0.6) is 0 Å². The maximum atomic E-state index is 6.02. The Bertz CT molecular complexity index is 386. The molecule has 1 saturated heterocycles. The van der Waals surface area contributed by atoms with Crippen LogP contribution in [0.1, 0.15) is 54.9 Å². The molecule has 0 bridgehead atoms. The lowest BCUT2D eigenvalue weighted by Crippen LogP contribution is -2.47. The molecule has 1 aliphatic rings. The number of hydrogen-bond acceptors (Lipinski definition) is 2. The molecule has 0 N–H and O–H groups in total. The maximum Gasteiger partial charge on any atom is 0.293 e. The smallest absolute Gasteiger partial charge is 0.293 e. The first-order chi connectivity index (χ1) is 8.33. The van der Waals surface area contributed by atoms with Crippen LogP contribution in [-0.2, 0) is 4.74 Å². The molecule has 0 aromatic heterocycles. The molecule has 19 heavy (non-hydrogen) atoms. The van der Waals surface area contributed by atoms with E-state index >= 15 is 0 Å². The highest BCUT2D eigenvalue weighted by Gasteiger charge is 2.36. The van der Waals surface area contributed by atoms with Crippen molar-refractivity contribution in [1.29, 1.82) is 0 Å². The van der Waals surface area contributed by atoms with Crippen molar-refractivity contribution in [2.45, 2.75) is 71.3 Å². The summed E-state index contributed by atoms with van der Waals surface area (Å²) in [6.45, 7) is 20.0. The van der Waals surface area contributed by atoms with Gasteiger partial charge >= 0.3 is 0 Å². The molecule has 0 spiro atoms. The summed E-state index contributed by atoms with van der Waals surface area (Å²) in [6, 6.07) is 0.704. The molecule has 1 aliphatic heterocycles. The van der Waals surface area contributed by atoms with Crippen LogP contribution in [-0.4, -0.2) is 36.4 Å². The molecule has 108 valence electrons. The second-order valence-electron chi connectivity index (χ2n) is 8.05. The summed E-state index contributed by atoms with van der Waals surface area (Å²) < 4.78 is 6.02. The predicted octanol–water partition coefficient (Wildman–Crippen LogP) is 2.99. The van der Waals surface area contributed by atoms with Gasteiger partial charge in [0.05, 0.1) is 11.3 Å². The standard InChI is InChI=1S/C15H29BN2O/c1-11-15(8,16)9-10-18(14(5,6)7)12(19-11)17-13(2,3)4/h1,9-10,16H2,2-8H3/b17-12-. The first kappa shape index (κ1) is 16.1. The van der Waals surface area contributed by atoms with Gasteiger partial charge < -0.3 is 9.64 Å². The van der Waals surface area contributed by atoms with Crippen LogP contribution >= 0.6 is 0 Å². The SMILES string of the molecule is BC1(C)CCN(C(C)(C)C)/C(=N/C(C)(C)C)OC1=C. The van der Waals surface area contributed by atoms with E-state index in [1.54, 1.807) is 0 Å². The van der Waals surface area contributed by atoms with Crippen molar-refractivity contribution >= 4 is 13.9 Å². The molecular formula is C15H29BN2O. The number of allylic oxidation sites excluding steroid dienone is 1. The number of hydrogen-bond donors (Lipinski definition) is 0. The molecule has 1 heterocycles. The van der Waals surface area contributed by atoms with Gasteiger partial charge in [0.1, 0.15) is 7.85 Å². The summed E-state index contributed by atoms with van der Waals surface area (Å²) in [7, 11) is 2.18. The molecule has 0 aromatic carbocycles. The maximum absolute atomic E-state index is 6.02. The minimum absolute atomic E-state index is 0.00914. The third kappa shape index (κ3) is 4.29. The van der Waals surface area contributed by atoms with Crippen molar-refractivity contribution in [3.8, 4) is 0 Å². The van der Waals surface area contributed by atoms with E-state index in [4.69, 9.17) is 9.73 Å². The van der Waals surface area contributed by atoms with Crippen LogP contribution < -0.4 is 0 Å². The van der Waals surface area contributed by atoms with Crippen LogP contribution in [0.15, 0.2) is 17.3 Å². The van der Waals surface area contributed by atoms with Crippen LogP contribution in [0, 0.1) is 0 Å². The highest BCUT2D eigenvalue weighted by molar-refractivity contribution is 6.17. The predicted molar refractivity (Wildman–Crippen MR) is 85.4 cm³/mol. The highest BCUT2D eigenvalue weighted by Crippen LogP contribution is 2.39. The van der Waals surface area contributed by atoms with Gasteiger partial charge in [-0.25, -0.2) is 4.99 Å². The Morgan fingerprint density at radius 2 is 1.79 bits per heavy atom. The molecule has 1 rings (SSSR count). The molecule has 3 nitrogen and oxygen atoms in total. The van der Waals surface area contributed by atoms with E-state index in [-0.39, 0.29) is 16.4 Å². The number of aliphatic imine (C=N–C) groups is 1. The van der Waals surface area contributed by atoms with Gasteiger partial charge in [-0.15, -0.1) is 0 Å². The molecule has 1 atom stereocenters. The van der Waals surface area contributed by atoms with Crippen molar-refractivity contribution in [1.82, 2.24) is 4.90 Å². The summed E-state index contributed by atoms with van der Waals surface area (Å²) in [5, 5.41) is -0.0152. The Morgan fingerprint density at radius 3 is 2.21 bits per heavy atom. The van der Waals surface area contributed by atoms with Gasteiger partial charge in [0.2, 0.25) is 0 Å². The van der Waals surface area contributed by atoms with Gasteiger partial charge in [0.25, 0.3) is 6.02 Å². The van der Waals surface area contributed by atoms with Crippen LogP contribution in [0.3, 0.4) is 0 Å². The van der Waals surface area contributed by atoms with E-state index < -0.39 is 0 Å². The molecular weight excluding hydrogens is 235 g/mol. The first-order valence-corrected chi connectivity index (χ1v) is 7.08. The molecule has 0 aromatic rings. The van der Waals surface area contributed by atoms with E-state index in [9.17, 15) is 0 Å². The molecule has 0 amide bonds. The Kier molecular flexibility index (Phi) is 4.14. The Balaban J connectivity index is 3.20. The molecule has 0 aliphatic carbocycles. The number of rotatable bonds is 0. The van der Waals surface area contributed by atoms with Crippen molar-refractivity contribution < 1.29 is 4.74 Å². The lowest BCUT2D eigenvalue weighted by atomic mass is 9.67. The van der Waals surface area contributed by atoms with E-state index in [0.717, 1.165) is 18.7 Å². The van der Waals surface area contributed by atoms with Crippen LogP contribution in [0.2, 0.25) is 5.31 Å². The highest BCUT2D eigenvalue weighted by atomic mass is 16.5. The normalized spacial score (nSPS) is 28.3. The van der Waals surface area contributed by atoms with Gasteiger partial charge in [0.15, 0.2) is 0 Å². The third-order valence-electron chi connectivity index (χ3n) is 3.40. The quantitative estimate of drug-likeness (QED) is 0.628. The lowest BCUT2D eigenvalue weighted by molar-refractivity contribution is 0.196. The minimum atomic E-state index is -0.159. The summed E-state index contributed by atoms with van der Waals surface area (Å²) in [5.41, 5.74) is -0.168. The van der Waals surface area contributed by atoms with E-state index in [0.29, 0.717) is 6.02 Å². The zero-order chi connectivity index (χ0) is 15.1. The Hall–Kier alpha value is -0.925. The fourth-order valence-electron chi connectivity index (χ4n) is 1.92. The number of nitrogens with zero attached hydrogens (tertiary/aromatic N) is 2. The average Bonchev–Trinajstić information content (AvgIpc) is 2.21. The zero-order valence-corrected chi connectivity index (χ0v) is 13.9. The minimum Gasteiger partial charge on any atom is -0.431 e. The average molecular weight is 264 g/mol. The van der Waals surface area contributed by atoms with E-state index in [1.807, 2.05) is 0 Å². The molecule has 0 saturated carbocycles. The van der Waals surface area contributed by atoms with Gasteiger partial charge in [-0.3, -0.25) is 0 Å². The van der Waals surface area contributed by atoms with Crippen LogP contribution in [0.25, 0.3) is 0 Å². The lowest BCUT2D eigenvalue weighted by Gasteiger charge is -2.36. The van der Waals surface area contributed by atoms with Gasteiger partial charge in [-0.05, 0) is 53.3 Å².